The van der Waals surface area contributed by atoms with Gasteiger partial charge in [-0.25, -0.2) is 0 Å². The van der Waals surface area contributed by atoms with Crippen molar-refractivity contribution in [2.75, 3.05) is 44.8 Å². The molecule has 0 unspecified atom stereocenters. The molecular formula is C29H24ClF3N2O5. The molecule has 1 fully saturated rings. The predicted octanol–water partition coefficient (Wildman–Crippen LogP) is 6.30. The molecule has 0 saturated carbocycles. The molecule has 1 aromatic heterocycles. The molecule has 7 nitrogen and oxygen atoms in total. The van der Waals surface area contributed by atoms with Crippen LogP contribution in [0.4, 0.5) is 18.9 Å². The predicted molar refractivity (Wildman–Crippen MR) is 144 cm³/mol. The van der Waals surface area contributed by atoms with Gasteiger partial charge in [-0.15, -0.1) is 0 Å². The summed E-state index contributed by atoms with van der Waals surface area (Å²) in [5.74, 6) is -3.81. The molecule has 0 radical (unpaired) electrons. The van der Waals surface area contributed by atoms with Crippen LogP contribution in [-0.2, 0) is 15.7 Å². The quantitative estimate of drug-likeness (QED) is 0.197. The number of ketones is 1. The zero-order valence-corrected chi connectivity index (χ0v) is 21.8. The van der Waals surface area contributed by atoms with Crippen LogP contribution in [0.1, 0.15) is 16.1 Å². The number of carbonyl (C=O) groups excluding carboxylic acids is 2. The second kappa shape index (κ2) is 11.7. The van der Waals surface area contributed by atoms with E-state index in [1.54, 1.807) is 36.4 Å². The number of alkyl halides is 3. The van der Waals surface area contributed by atoms with E-state index in [9.17, 15) is 22.8 Å². The zero-order chi connectivity index (χ0) is 28.3. The molecular weight excluding hydrogens is 549 g/mol. The first-order chi connectivity index (χ1) is 19.2. The summed E-state index contributed by atoms with van der Waals surface area (Å²) in [6.07, 6.45) is -5.00. The van der Waals surface area contributed by atoms with Crippen molar-refractivity contribution in [3.05, 3.63) is 83.1 Å². The number of furan rings is 1. The van der Waals surface area contributed by atoms with Gasteiger partial charge in [-0.3, -0.25) is 14.5 Å². The van der Waals surface area contributed by atoms with Gasteiger partial charge in [0.1, 0.15) is 18.1 Å². The number of hydrogen-bond donors (Lipinski definition) is 1. The second-order valence-corrected chi connectivity index (χ2v) is 9.54. The van der Waals surface area contributed by atoms with E-state index in [4.69, 9.17) is 25.5 Å². The number of benzene rings is 3. The maximum Gasteiger partial charge on any atom is 0.450 e. The molecule has 0 spiro atoms. The van der Waals surface area contributed by atoms with Crippen LogP contribution in [0, 0.1) is 0 Å². The summed E-state index contributed by atoms with van der Waals surface area (Å²) in [4.78, 5) is 28.1. The van der Waals surface area contributed by atoms with Gasteiger partial charge >= 0.3 is 6.18 Å². The maximum absolute atomic E-state index is 13.7. The van der Waals surface area contributed by atoms with Crippen molar-refractivity contribution in [3.8, 4) is 17.1 Å². The summed E-state index contributed by atoms with van der Waals surface area (Å²) in [6, 6.07) is 17.0. The SMILES string of the molecule is O=C(Nc1ccc(OCCN2CCOCC2)c2ccccc12)C(=O)c1cc(-c2ccc(Cl)cc2)oc1C(F)(F)F. The third kappa shape index (κ3) is 6.14. The number of amides is 1. The highest BCUT2D eigenvalue weighted by molar-refractivity contribution is 6.47. The first-order valence-corrected chi connectivity index (χ1v) is 12.9. The fourth-order valence-electron chi connectivity index (χ4n) is 4.44. The molecule has 4 aromatic rings. The van der Waals surface area contributed by atoms with E-state index >= 15 is 0 Å². The number of ether oxygens (including phenoxy) is 2. The highest BCUT2D eigenvalue weighted by Crippen LogP contribution is 2.38. The van der Waals surface area contributed by atoms with Gasteiger partial charge in [-0.05, 0) is 42.5 Å². The van der Waals surface area contributed by atoms with E-state index in [-0.39, 0.29) is 17.0 Å². The number of nitrogens with zero attached hydrogens (tertiary/aromatic N) is 1. The van der Waals surface area contributed by atoms with Gasteiger partial charge in [0.2, 0.25) is 5.76 Å². The minimum absolute atomic E-state index is 0.218. The number of hydrogen-bond acceptors (Lipinski definition) is 6. The van der Waals surface area contributed by atoms with Crippen molar-refractivity contribution < 1.29 is 36.7 Å². The van der Waals surface area contributed by atoms with Crippen LogP contribution in [0.2, 0.25) is 5.02 Å². The summed E-state index contributed by atoms with van der Waals surface area (Å²) in [6.45, 7) is 4.18. The highest BCUT2D eigenvalue weighted by atomic mass is 35.5. The number of rotatable bonds is 8. The molecule has 2 heterocycles. The molecule has 3 aromatic carbocycles. The van der Waals surface area contributed by atoms with Gasteiger partial charge in [0.25, 0.3) is 11.7 Å². The van der Waals surface area contributed by atoms with Crippen LogP contribution in [0.5, 0.6) is 5.75 Å². The zero-order valence-electron chi connectivity index (χ0n) is 21.1. The third-order valence-electron chi connectivity index (χ3n) is 6.47. The number of nitrogens with one attached hydrogen (secondary N) is 1. The number of morpholine rings is 1. The Morgan fingerprint density at radius 1 is 0.975 bits per heavy atom. The largest absolute Gasteiger partial charge is 0.492 e. The van der Waals surface area contributed by atoms with E-state index in [0.29, 0.717) is 41.4 Å². The molecule has 1 saturated heterocycles. The molecule has 1 aliphatic rings. The molecule has 1 N–H and O–H groups in total. The van der Waals surface area contributed by atoms with Gasteiger partial charge in [-0.2, -0.15) is 13.2 Å². The van der Waals surface area contributed by atoms with Gasteiger partial charge in [0, 0.05) is 46.7 Å². The molecule has 0 bridgehead atoms. The second-order valence-electron chi connectivity index (χ2n) is 9.10. The van der Waals surface area contributed by atoms with Crippen LogP contribution in [-0.4, -0.2) is 56.0 Å². The monoisotopic (exact) mass is 572 g/mol. The van der Waals surface area contributed by atoms with Crippen molar-refractivity contribution >= 4 is 39.8 Å². The minimum atomic E-state index is -5.00. The highest BCUT2D eigenvalue weighted by Gasteiger charge is 2.41. The average Bonchev–Trinajstić information content (AvgIpc) is 3.41. The summed E-state index contributed by atoms with van der Waals surface area (Å²) >= 11 is 5.85. The number of fused-ring (bicyclic) bond motifs is 1. The minimum Gasteiger partial charge on any atom is -0.492 e. The van der Waals surface area contributed by atoms with Crippen LogP contribution in [0.15, 0.2) is 71.1 Å². The molecule has 1 amide bonds. The van der Waals surface area contributed by atoms with Crippen molar-refractivity contribution in [1.82, 2.24) is 4.90 Å². The van der Waals surface area contributed by atoms with Crippen molar-refractivity contribution in [2.45, 2.75) is 6.18 Å². The molecule has 5 rings (SSSR count). The first kappa shape index (κ1) is 27.7. The lowest BCUT2D eigenvalue weighted by Crippen LogP contribution is -2.38. The Labute approximate surface area is 232 Å². The van der Waals surface area contributed by atoms with Crippen molar-refractivity contribution in [3.63, 3.8) is 0 Å². The fraction of sp³-hybridized carbons (Fsp3) is 0.241. The molecule has 11 heteroatoms. The number of anilines is 1. The van der Waals surface area contributed by atoms with Crippen LogP contribution in [0.3, 0.4) is 0 Å². The Morgan fingerprint density at radius 3 is 2.38 bits per heavy atom. The summed E-state index contributed by atoms with van der Waals surface area (Å²) in [7, 11) is 0. The van der Waals surface area contributed by atoms with Crippen LogP contribution in [0.25, 0.3) is 22.1 Å². The van der Waals surface area contributed by atoms with E-state index in [2.05, 4.69) is 10.2 Å². The van der Waals surface area contributed by atoms with E-state index in [0.717, 1.165) is 25.7 Å². The lowest BCUT2D eigenvalue weighted by molar-refractivity contribution is -0.153. The fourth-order valence-corrected chi connectivity index (χ4v) is 4.57. The smallest absolute Gasteiger partial charge is 0.450 e. The summed E-state index contributed by atoms with van der Waals surface area (Å²) < 4.78 is 57.6. The average molecular weight is 573 g/mol. The maximum atomic E-state index is 13.7. The van der Waals surface area contributed by atoms with Crippen molar-refractivity contribution in [1.29, 1.82) is 0 Å². The van der Waals surface area contributed by atoms with E-state index < -0.39 is 29.2 Å². The summed E-state index contributed by atoms with van der Waals surface area (Å²) in [5, 5.41) is 4.09. The standard InChI is InChI=1S/C29H24ClF3N2O5/c30-19-7-5-18(6-8-19)25-17-22(27(40-25)29(31,32)33)26(36)28(37)34-23-9-10-24(21-4-2-1-3-20(21)23)39-16-13-35-11-14-38-15-12-35/h1-10,17H,11-16H2,(H,34,37). The first-order valence-electron chi connectivity index (χ1n) is 12.5. The Bertz CT molecular complexity index is 1530. The number of halogens is 4. The Kier molecular flexibility index (Phi) is 8.11. The molecule has 208 valence electrons. The Hall–Kier alpha value is -3.86. The topological polar surface area (TPSA) is 81.0 Å². The molecule has 1 aliphatic heterocycles. The Morgan fingerprint density at radius 2 is 1.68 bits per heavy atom. The summed E-state index contributed by atoms with van der Waals surface area (Å²) in [5.41, 5.74) is -0.364. The third-order valence-corrected chi connectivity index (χ3v) is 6.72. The Balaban J connectivity index is 1.36. The van der Waals surface area contributed by atoms with Crippen LogP contribution >= 0.6 is 11.6 Å². The lowest BCUT2D eigenvalue weighted by atomic mass is 10.1. The molecule has 40 heavy (non-hydrogen) atoms. The van der Waals surface area contributed by atoms with E-state index in [1.807, 2.05) is 0 Å². The molecule has 0 aliphatic carbocycles. The van der Waals surface area contributed by atoms with Crippen molar-refractivity contribution in [2.24, 2.45) is 0 Å². The molecule has 0 atom stereocenters. The number of carbonyl (C=O) groups is 2. The van der Waals surface area contributed by atoms with Crippen LogP contribution < -0.4 is 10.1 Å². The van der Waals surface area contributed by atoms with Gasteiger partial charge in [-0.1, -0.05) is 35.9 Å². The van der Waals surface area contributed by atoms with Gasteiger partial charge < -0.3 is 19.2 Å². The van der Waals surface area contributed by atoms with Gasteiger partial charge in [0.05, 0.1) is 18.8 Å². The van der Waals surface area contributed by atoms with Gasteiger partial charge in [0.15, 0.2) is 0 Å². The van der Waals surface area contributed by atoms with E-state index in [1.165, 1.54) is 24.3 Å². The lowest BCUT2D eigenvalue weighted by Gasteiger charge is -2.26. The normalized spacial score (nSPS) is 14.3. The number of Topliss-reactive ketones (excluding diaryl/α,β-unsaturated/α-hetero) is 1.